The van der Waals surface area contributed by atoms with Crippen molar-refractivity contribution in [2.24, 2.45) is 0 Å². The molecule has 1 saturated heterocycles. The molecule has 1 aliphatic heterocycles. The number of thiophene rings is 1. The van der Waals surface area contributed by atoms with Crippen molar-refractivity contribution in [2.45, 2.75) is 19.0 Å². The molecule has 3 rings (SSSR count). The molecule has 0 radical (unpaired) electrons. The van der Waals surface area contributed by atoms with E-state index >= 15 is 0 Å². The number of benzene rings is 1. The number of halogens is 1. The average molecular weight is 414 g/mol. The summed E-state index contributed by atoms with van der Waals surface area (Å²) in [5, 5.41) is 1.96. The summed E-state index contributed by atoms with van der Waals surface area (Å²) < 4.78 is 24.4. The molecule has 1 aliphatic rings. The Morgan fingerprint density at radius 3 is 2.65 bits per heavy atom. The van der Waals surface area contributed by atoms with E-state index in [1.807, 2.05) is 35.7 Å². The Morgan fingerprint density at radius 2 is 2.04 bits per heavy atom. The van der Waals surface area contributed by atoms with E-state index < -0.39 is 9.84 Å². The van der Waals surface area contributed by atoms with Crippen LogP contribution in [0.25, 0.3) is 0 Å². The molecular weight excluding hydrogens is 398 g/mol. The van der Waals surface area contributed by atoms with Crippen LogP contribution in [-0.4, -0.2) is 36.8 Å². The second-order valence-corrected chi connectivity index (χ2v) is 9.66. The molecule has 0 saturated carbocycles. The fourth-order valence-corrected chi connectivity index (χ4v) is 5.64. The van der Waals surface area contributed by atoms with E-state index in [1.54, 1.807) is 22.3 Å². The maximum absolute atomic E-state index is 13.0. The lowest BCUT2D eigenvalue weighted by atomic mass is 10.1. The molecule has 1 aromatic carbocycles. The molecule has 0 spiro atoms. The van der Waals surface area contributed by atoms with E-state index in [2.05, 4.69) is 15.9 Å². The molecule has 23 heavy (non-hydrogen) atoms. The largest absolute Gasteiger partial charge is 0.329 e. The maximum atomic E-state index is 13.0. The number of carbonyl (C=O) groups is 1. The Labute approximate surface area is 148 Å². The van der Waals surface area contributed by atoms with Crippen LogP contribution in [0.15, 0.2) is 46.3 Å². The first kappa shape index (κ1) is 16.7. The summed E-state index contributed by atoms with van der Waals surface area (Å²) >= 11 is 4.98. The van der Waals surface area contributed by atoms with Crippen molar-refractivity contribution in [1.82, 2.24) is 4.90 Å². The van der Waals surface area contributed by atoms with Gasteiger partial charge >= 0.3 is 0 Å². The molecule has 7 heteroatoms. The van der Waals surface area contributed by atoms with E-state index in [-0.39, 0.29) is 23.5 Å². The van der Waals surface area contributed by atoms with E-state index in [0.717, 1.165) is 9.35 Å². The van der Waals surface area contributed by atoms with Crippen molar-refractivity contribution >= 4 is 43.0 Å². The zero-order valence-electron chi connectivity index (χ0n) is 12.3. The third-order valence-corrected chi connectivity index (χ3v) is 7.22. The predicted molar refractivity (Wildman–Crippen MR) is 95.4 cm³/mol. The lowest BCUT2D eigenvalue weighted by Crippen LogP contribution is -2.40. The van der Waals surface area contributed by atoms with Crippen LogP contribution in [0.4, 0.5) is 0 Å². The van der Waals surface area contributed by atoms with Gasteiger partial charge in [-0.2, -0.15) is 0 Å². The molecule has 1 fully saturated rings. The van der Waals surface area contributed by atoms with Crippen LogP contribution in [0, 0.1) is 0 Å². The van der Waals surface area contributed by atoms with E-state index in [4.69, 9.17) is 0 Å². The van der Waals surface area contributed by atoms with Gasteiger partial charge in [-0.3, -0.25) is 4.79 Å². The summed E-state index contributed by atoms with van der Waals surface area (Å²) in [6, 6.07) is 10.9. The number of carbonyl (C=O) groups excluding carboxylic acids is 1. The van der Waals surface area contributed by atoms with Crippen molar-refractivity contribution in [3.8, 4) is 0 Å². The van der Waals surface area contributed by atoms with Gasteiger partial charge in [-0.25, -0.2) is 8.42 Å². The summed E-state index contributed by atoms with van der Waals surface area (Å²) in [5.41, 5.74) is 0.563. The SMILES string of the molecule is O=C(c1ccccc1Br)N(Cc1cccs1)[C@H]1CCS(=O)(=O)C1. The lowest BCUT2D eigenvalue weighted by molar-refractivity contribution is 0.0682. The average Bonchev–Trinajstić information content (AvgIpc) is 3.14. The molecular formula is C16H16BrNO3S2. The zero-order valence-corrected chi connectivity index (χ0v) is 15.5. The summed E-state index contributed by atoms with van der Waals surface area (Å²) in [4.78, 5) is 15.8. The number of hydrogen-bond acceptors (Lipinski definition) is 4. The molecule has 0 aliphatic carbocycles. The summed E-state index contributed by atoms with van der Waals surface area (Å²) in [5.74, 6) is 0.0733. The Morgan fingerprint density at radius 1 is 1.26 bits per heavy atom. The van der Waals surface area contributed by atoms with Gasteiger partial charge in [-0.05, 0) is 45.9 Å². The van der Waals surface area contributed by atoms with Gasteiger partial charge in [-0.15, -0.1) is 11.3 Å². The van der Waals surface area contributed by atoms with Crippen LogP contribution < -0.4 is 0 Å². The molecule has 122 valence electrons. The first-order valence-electron chi connectivity index (χ1n) is 7.24. The molecule has 0 N–H and O–H groups in total. The second-order valence-electron chi connectivity index (χ2n) is 5.55. The lowest BCUT2D eigenvalue weighted by Gasteiger charge is -2.28. The van der Waals surface area contributed by atoms with Crippen LogP contribution in [-0.2, 0) is 16.4 Å². The molecule has 0 bridgehead atoms. The predicted octanol–water partition coefficient (Wildman–Crippen LogP) is 3.34. The molecule has 2 heterocycles. The van der Waals surface area contributed by atoms with E-state index in [1.165, 1.54) is 0 Å². The highest BCUT2D eigenvalue weighted by atomic mass is 79.9. The van der Waals surface area contributed by atoms with Gasteiger partial charge in [0.15, 0.2) is 9.84 Å². The highest BCUT2D eigenvalue weighted by Gasteiger charge is 2.35. The first-order chi connectivity index (χ1) is 11.0. The fraction of sp³-hybridized carbons (Fsp3) is 0.312. The van der Waals surface area contributed by atoms with Gasteiger partial charge in [-0.1, -0.05) is 18.2 Å². The van der Waals surface area contributed by atoms with Crippen LogP contribution in [0.2, 0.25) is 0 Å². The highest BCUT2D eigenvalue weighted by molar-refractivity contribution is 9.10. The number of amides is 1. The summed E-state index contributed by atoms with van der Waals surface area (Å²) in [6.45, 7) is 0.442. The smallest absolute Gasteiger partial charge is 0.255 e. The zero-order chi connectivity index (χ0) is 16.4. The minimum atomic E-state index is -3.05. The van der Waals surface area contributed by atoms with Gasteiger partial charge in [0.1, 0.15) is 0 Å². The van der Waals surface area contributed by atoms with Crippen molar-refractivity contribution < 1.29 is 13.2 Å². The third-order valence-electron chi connectivity index (χ3n) is 3.92. The summed E-state index contributed by atoms with van der Waals surface area (Å²) in [6.07, 6.45) is 0.504. The molecule has 1 amide bonds. The Bertz CT molecular complexity index is 802. The highest BCUT2D eigenvalue weighted by Crippen LogP contribution is 2.26. The Kier molecular flexibility index (Phi) is 4.89. The van der Waals surface area contributed by atoms with Gasteiger partial charge in [0, 0.05) is 15.4 Å². The quantitative estimate of drug-likeness (QED) is 0.771. The van der Waals surface area contributed by atoms with Gasteiger partial charge in [0.2, 0.25) is 0 Å². The maximum Gasteiger partial charge on any atom is 0.255 e. The Hall–Kier alpha value is -1.18. The molecule has 1 atom stereocenters. The minimum Gasteiger partial charge on any atom is -0.329 e. The molecule has 2 aromatic rings. The van der Waals surface area contributed by atoms with Crippen molar-refractivity contribution in [2.75, 3.05) is 11.5 Å². The number of sulfone groups is 1. The van der Waals surface area contributed by atoms with Crippen molar-refractivity contribution in [1.29, 1.82) is 0 Å². The third kappa shape index (κ3) is 3.84. The number of hydrogen-bond donors (Lipinski definition) is 0. The van der Waals surface area contributed by atoms with Crippen LogP contribution in [0.3, 0.4) is 0 Å². The monoisotopic (exact) mass is 413 g/mol. The number of nitrogens with zero attached hydrogens (tertiary/aromatic N) is 1. The van der Waals surface area contributed by atoms with Gasteiger partial charge in [0.25, 0.3) is 5.91 Å². The van der Waals surface area contributed by atoms with Crippen LogP contribution >= 0.6 is 27.3 Å². The fourth-order valence-electron chi connectivity index (χ4n) is 2.75. The molecule has 1 aromatic heterocycles. The molecule has 4 nitrogen and oxygen atoms in total. The van der Waals surface area contributed by atoms with E-state index in [0.29, 0.717) is 18.5 Å². The first-order valence-corrected chi connectivity index (χ1v) is 10.7. The Balaban J connectivity index is 1.91. The van der Waals surface area contributed by atoms with Crippen LogP contribution in [0.1, 0.15) is 21.7 Å². The second kappa shape index (κ2) is 6.75. The topological polar surface area (TPSA) is 54.5 Å². The van der Waals surface area contributed by atoms with Crippen molar-refractivity contribution in [3.63, 3.8) is 0 Å². The van der Waals surface area contributed by atoms with E-state index in [9.17, 15) is 13.2 Å². The summed E-state index contributed by atoms with van der Waals surface area (Å²) in [7, 11) is -3.05. The normalized spacial score (nSPS) is 19.6. The van der Waals surface area contributed by atoms with Gasteiger partial charge < -0.3 is 4.90 Å². The van der Waals surface area contributed by atoms with Gasteiger partial charge in [0.05, 0.1) is 23.6 Å². The minimum absolute atomic E-state index is 0.0502. The van der Waals surface area contributed by atoms with Crippen molar-refractivity contribution in [3.05, 3.63) is 56.7 Å². The molecule has 0 unspecified atom stereocenters. The van der Waals surface area contributed by atoms with Crippen LogP contribution in [0.5, 0.6) is 0 Å². The number of rotatable bonds is 4. The standard InChI is InChI=1S/C16H16BrNO3S2/c17-15-6-2-1-5-14(15)16(19)18(10-13-4-3-8-22-13)12-7-9-23(20,21)11-12/h1-6,8,12H,7,9-11H2/t12-/m0/s1.